The fraction of sp³-hybridized carbons (Fsp3) is 0.320. The smallest absolute Gasteiger partial charge is 0.368 e. The van der Waals surface area contributed by atoms with Crippen LogP contribution in [0.4, 0.5) is 17.5 Å². The molecule has 0 amide bonds. The Kier molecular flexibility index (Phi) is 8.94. The number of nitrogens with zero attached hydrogens (tertiary/aromatic N) is 5. The molecule has 40 heavy (non-hydrogen) atoms. The van der Waals surface area contributed by atoms with Crippen LogP contribution >= 0.6 is 16.1 Å². The summed E-state index contributed by atoms with van der Waals surface area (Å²) >= 11 is 0. The lowest BCUT2D eigenvalue weighted by Crippen LogP contribution is -2.32. The molecule has 0 aliphatic carbocycles. The number of fused-ring (bicyclic) bond motifs is 1. The summed E-state index contributed by atoms with van der Waals surface area (Å²) < 4.78 is 25.2. The van der Waals surface area contributed by atoms with Gasteiger partial charge in [-0.15, -0.1) is 0 Å². The molecule has 15 heteroatoms. The summed E-state index contributed by atoms with van der Waals surface area (Å²) in [5, 5.41) is 23.9. The summed E-state index contributed by atoms with van der Waals surface area (Å²) in [4.78, 5) is 34.9. The van der Waals surface area contributed by atoms with Crippen LogP contribution in [0.1, 0.15) is 18.1 Å². The van der Waals surface area contributed by atoms with Gasteiger partial charge in [-0.1, -0.05) is 24.3 Å². The van der Waals surface area contributed by atoms with Crippen LogP contribution in [0.25, 0.3) is 11.2 Å². The monoisotopic (exact) mass is 589 g/mol. The van der Waals surface area contributed by atoms with Gasteiger partial charge >= 0.3 is 7.60 Å². The SMILES string of the molecule is CC(CNc1nc(Nc2ccc(C(O)([PH2]=O)P(=O)(O)O)cc2)c2ncn(CCc3cccc(O)c3)c2n1)N(C)C. The number of hydrogen-bond acceptors (Lipinski definition) is 10. The van der Waals surface area contributed by atoms with E-state index in [4.69, 9.17) is 4.98 Å². The van der Waals surface area contributed by atoms with E-state index in [-0.39, 0.29) is 17.4 Å². The van der Waals surface area contributed by atoms with Crippen molar-refractivity contribution < 1.29 is 29.1 Å². The Labute approximate surface area is 232 Å². The van der Waals surface area contributed by atoms with Gasteiger partial charge in [-0.2, -0.15) is 9.97 Å². The number of aromatic nitrogens is 4. The lowest BCUT2D eigenvalue weighted by Gasteiger charge is -2.24. The summed E-state index contributed by atoms with van der Waals surface area (Å²) in [5.41, 5.74) is 2.39. The number of aryl methyl sites for hydroxylation is 2. The Hall–Kier alpha value is -3.31. The van der Waals surface area contributed by atoms with Crippen LogP contribution in [0.3, 0.4) is 0 Å². The molecule has 0 aliphatic rings. The maximum absolute atomic E-state index is 11.8. The number of likely N-dealkylation sites (N-methyl/N-ethyl adjacent to an activating group) is 1. The quantitative estimate of drug-likeness (QED) is 0.133. The van der Waals surface area contributed by atoms with Gasteiger partial charge in [0.1, 0.15) is 14.2 Å². The van der Waals surface area contributed by atoms with E-state index in [1.807, 2.05) is 24.7 Å². The highest BCUT2D eigenvalue weighted by Gasteiger charge is 2.46. The van der Waals surface area contributed by atoms with Gasteiger partial charge < -0.3 is 44.7 Å². The summed E-state index contributed by atoms with van der Waals surface area (Å²) in [7, 11) is -3.34. The summed E-state index contributed by atoms with van der Waals surface area (Å²) in [6, 6.07) is 12.9. The lowest BCUT2D eigenvalue weighted by atomic mass is 10.1. The number of hydrogen-bond donors (Lipinski definition) is 6. The maximum atomic E-state index is 11.8. The molecule has 214 valence electrons. The molecule has 3 atom stereocenters. The normalized spacial score (nSPS) is 14.6. The molecule has 0 aliphatic heterocycles. The molecule has 4 rings (SSSR count). The second kappa shape index (κ2) is 12.1. The largest absolute Gasteiger partial charge is 0.508 e. The highest BCUT2D eigenvalue weighted by atomic mass is 31.2. The van der Waals surface area contributed by atoms with E-state index in [1.165, 1.54) is 24.3 Å². The number of imidazole rings is 1. The molecule has 0 radical (unpaired) electrons. The van der Waals surface area contributed by atoms with Gasteiger partial charge in [0.2, 0.25) is 11.0 Å². The molecule has 2 aromatic heterocycles. The average Bonchev–Trinajstić information content (AvgIpc) is 3.33. The number of aromatic hydroxyl groups is 1. The third-order valence-electron chi connectivity index (χ3n) is 6.63. The van der Waals surface area contributed by atoms with E-state index in [0.717, 1.165) is 5.56 Å². The zero-order valence-corrected chi connectivity index (χ0v) is 24.3. The first-order chi connectivity index (χ1) is 18.9. The average molecular weight is 590 g/mol. The van der Waals surface area contributed by atoms with Gasteiger partial charge in [-0.05, 0) is 57.3 Å². The fourth-order valence-electron chi connectivity index (χ4n) is 3.90. The van der Waals surface area contributed by atoms with Gasteiger partial charge in [0.25, 0.3) is 0 Å². The number of anilines is 3. The molecule has 13 nitrogen and oxygen atoms in total. The molecular weight excluding hydrogens is 556 g/mol. The van der Waals surface area contributed by atoms with E-state index in [0.29, 0.717) is 48.1 Å². The second-order valence-corrected chi connectivity index (χ2v) is 13.0. The van der Waals surface area contributed by atoms with E-state index >= 15 is 0 Å². The van der Waals surface area contributed by atoms with Crippen molar-refractivity contribution in [1.29, 1.82) is 0 Å². The zero-order valence-electron chi connectivity index (χ0n) is 22.3. The number of rotatable bonds is 12. The van der Waals surface area contributed by atoms with Crippen molar-refractivity contribution >= 4 is 44.7 Å². The van der Waals surface area contributed by atoms with Gasteiger partial charge in [-0.3, -0.25) is 4.57 Å². The molecule has 0 bridgehead atoms. The standard InChI is InChI=1S/C25H33N7O6P2/c1-16(31(2)3)14-26-24-29-22(28-19-9-7-18(8-10-19)25(34,39-35)40(36,37)38)21-23(30-24)32(15-27-21)12-11-17-5-4-6-20(33)13-17/h4-10,13,15-16,33-34H,11-12,14,39H2,1-3H3,(H2,36,37,38)(H2,26,28,29,30). The molecule has 0 saturated heterocycles. The summed E-state index contributed by atoms with van der Waals surface area (Å²) in [6.45, 7) is 3.20. The molecule has 2 heterocycles. The van der Waals surface area contributed by atoms with Crippen LogP contribution in [0.15, 0.2) is 54.9 Å². The van der Waals surface area contributed by atoms with Crippen molar-refractivity contribution in [2.45, 2.75) is 31.0 Å². The van der Waals surface area contributed by atoms with E-state index in [1.54, 1.807) is 24.5 Å². The lowest BCUT2D eigenvalue weighted by molar-refractivity contribution is 0.168. The Bertz CT molecular complexity index is 1540. The van der Waals surface area contributed by atoms with Gasteiger partial charge in [0, 0.05) is 30.4 Å². The highest BCUT2D eigenvalue weighted by molar-refractivity contribution is 7.62. The first-order valence-electron chi connectivity index (χ1n) is 12.4. The van der Waals surface area contributed by atoms with E-state index in [2.05, 4.69) is 32.4 Å². The first kappa shape index (κ1) is 29.7. The minimum absolute atomic E-state index is 0.152. The molecule has 0 saturated carbocycles. The molecule has 6 N–H and O–H groups in total. The van der Waals surface area contributed by atoms with Crippen LogP contribution in [-0.4, -0.2) is 71.1 Å². The fourth-order valence-corrected chi connectivity index (χ4v) is 5.26. The van der Waals surface area contributed by atoms with Crippen LogP contribution < -0.4 is 10.6 Å². The van der Waals surface area contributed by atoms with Crippen LogP contribution in [-0.2, 0) is 27.2 Å². The van der Waals surface area contributed by atoms with Crippen molar-refractivity contribution in [1.82, 2.24) is 24.4 Å². The minimum atomic E-state index is -5.08. The van der Waals surface area contributed by atoms with Crippen LogP contribution in [0.2, 0.25) is 0 Å². The molecule has 2 aromatic carbocycles. The van der Waals surface area contributed by atoms with E-state index in [9.17, 15) is 29.1 Å². The first-order valence-corrected chi connectivity index (χ1v) is 15.1. The Morgan fingerprint density at radius 1 is 1.15 bits per heavy atom. The van der Waals surface area contributed by atoms with Crippen LogP contribution in [0, 0.1) is 0 Å². The maximum Gasteiger partial charge on any atom is 0.368 e. The number of nitrogens with one attached hydrogen (secondary N) is 2. The molecule has 3 unspecified atom stereocenters. The summed E-state index contributed by atoms with van der Waals surface area (Å²) in [5.74, 6) is 0.976. The molecule has 0 spiro atoms. The predicted molar refractivity (Wildman–Crippen MR) is 155 cm³/mol. The Balaban J connectivity index is 1.66. The van der Waals surface area contributed by atoms with E-state index < -0.39 is 21.1 Å². The number of aliphatic hydroxyl groups is 1. The molecule has 4 aromatic rings. The van der Waals surface area contributed by atoms with Crippen molar-refractivity contribution in [2.24, 2.45) is 0 Å². The third-order valence-corrected chi connectivity index (χ3v) is 9.77. The minimum Gasteiger partial charge on any atom is -0.508 e. The third kappa shape index (κ3) is 6.52. The zero-order chi connectivity index (χ0) is 29.1. The number of benzene rings is 2. The van der Waals surface area contributed by atoms with Crippen molar-refractivity contribution in [3.05, 3.63) is 66.0 Å². The Morgan fingerprint density at radius 2 is 1.88 bits per heavy atom. The van der Waals surface area contributed by atoms with Gasteiger partial charge in [-0.25, -0.2) is 4.98 Å². The number of phenolic OH excluding ortho intramolecular Hbond substituents is 1. The Morgan fingerprint density at radius 3 is 2.50 bits per heavy atom. The second-order valence-electron chi connectivity index (χ2n) is 9.71. The highest BCUT2D eigenvalue weighted by Crippen LogP contribution is 2.61. The van der Waals surface area contributed by atoms with Crippen LogP contribution in [0.5, 0.6) is 5.75 Å². The van der Waals surface area contributed by atoms with Gasteiger partial charge in [0.15, 0.2) is 17.0 Å². The van der Waals surface area contributed by atoms with Crippen molar-refractivity contribution in [3.8, 4) is 5.75 Å². The van der Waals surface area contributed by atoms with Gasteiger partial charge in [0.05, 0.1) is 6.33 Å². The predicted octanol–water partition coefficient (Wildman–Crippen LogP) is 2.92. The summed E-state index contributed by atoms with van der Waals surface area (Å²) in [6.07, 6.45) is 2.30. The van der Waals surface area contributed by atoms with Crippen molar-refractivity contribution in [3.63, 3.8) is 0 Å². The topological polar surface area (TPSA) is 186 Å². The molecule has 0 fully saturated rings. The van der Waals surface area contributed by atoms with Crippen molar-refractivity contribution in [2.75, 3.05) is 31.3 Å². The molecular formula is C25H33N7O6P2. The number of phenols is 1.